The predicted molar refractivity (Wildman–Crippen MR) is 99.9 cm³/mol. The van der Waals surface area contributed by atoms with Crippen LogP contribution in [0.5, 0.6) is 17.2 Å². The summed E-state index contributed by atoms with van der Waals surface area (Å²) in [6.45, 7) is -0.671. The third-order valence-electron chi connectivity index (χ3n) is 3.94. The third-order valence-corrected chi connectivity index (χ3v) is 4.22. The number of fused-ring (bicyclic) bond motifs is 1. The first-order valence-electron chi connectivity index (χ1n) is 8.23. The number of pyridine rings is 1. The van der Waals surface area contributed by atoms with Crippen LogP contribution in [0.15, 0.2) is 42.5 Å². The number of rotatable bonds is 5. The number of aliphatic carboxylic acids is 1. The molecule has 0 aliphatic heterocycles. The van der Waals surface area contributed by atoms with Gasteiger partial charge in [0.2, 0.25) is 0 Å². The highest BCUT2D eigenvalue weighted by Crippen LogP contribution is 2.36. The van der Waals surface area contributed by atoms with Gasteiger partial charge in [-0.15, -0.1) is 0 Å². The maximum Gasteiger partial charge on any atom is 0.416 e. The van der Waals surface area contributed by atoms with Crippen molar-refractivity contribution in [1.82, 2.24) is 10.3 Å². The Morgan fingerprint density at radius 3 is 2.30 bits per heavy atom. The van der Waals surface area contributed by atoms with E-state index >= 15 is 0 Å². The normalized spacial score (nSPS) is 11.3. The average molecular weight is 441 g/mol. The van der Waals surface area contributed by atoms with E-state index in [1.54, 1.807) is 0 Å². The molecule has 11 heteroatoms. The molecule has 0 bridgehead atoms. The molecule has 1 heterocycles. The fraction of sp³-hybridized carbons (Fsp3) is 0.105. The molecule has 0 radical (unpaired) electrons. The Labute approximate surface area is 171 Å². The summed E-state index contributed by atoms with van der Waals surface area (Å²) in [7, 11) is 0. The number of nitrogens with zero attached hydrogens (tertiary/aromatic N) is 1. The van der Waals surface area contributed by atoms with Crippen LogP contribution in [0.1, 0.15) is 16.1 Å². The fourth-order valence-electron chi connectivity index (χ4n) is 2.55. The molecule has 0 aliphatic rings. The van der Waals surface area contributed by atoms with E-state index in [2.05, 4.69) is 10.3 Å². The number of halogens is 4. The number of alkyl halides is 3. The number of ether oxygens (including phenoxy) is 1. The standard InChI is InChI=1S/C19H12ClF3N2O5/c20-17-13-7-11(30-10-3-1-9(2-4-10)19(21,22)23)5-6-12(13)16(28)15(25-17)18(29)24-8-14(26)27/h1-7,28H,8H2,(H,24,29)(H,26,27). The van der Waals surface area contributed by atoms with Crippen LogP contribution in [0.4, 0.5) is 13.2 Å². The molecule has 3 N–H and O–H groups in total. The van der Waals surface area contributed by atoms with E-state index in [-0.39, 0.29) is 27.4 Å². The number of hydrogen-bond donors (Lipinski definition) is 3. The van der Waals surface area contributed by atoms with Crippen LogP contribution in [-0.2, 0) is 11.0 Å². The van der Waals surface area contributed by atoms with Gasteiger partial charge in [-0.05, 0) is 42.5 Å². The summed E-state index contributed by atoms with van der Waals surface area (Å²) in [5.74, 6) is -2.38. The highest BCUT2D eigenvalue weighted by atomic mass is 35.5. The van der Waals surface area contributed by atoms with Crippen molar-refractivity contribution < 1.29 is 37.7 Å². The number of carboxylic acids is 1. The fourth-order valence-corrected chi connectivity index (χ4v) is 2.79. The van der Waals surface area contributed by atoms with Crippen molar-refractivity contribution in [3.8, 4) is 17.2 Å². The van der Waals surface area contributed by atoms with Crippen LogP contribution in [0, 0.1) is 0 Å². The molecule has 1 amide bonds. The second-order valence-corrected chi connectivity index (χ2v) is 6.37. The monoisotopic (exact) mass is 440 g/mol. The molecule has 0 saturated heterocycles. The van der Waals surface area contributed by atoms with E-state index in [0.29, 0.717) is 0 Å². The zero-order valence-corrected chi connectivity index (χ0v) is 15.6. The van der Waals surface area contributed by atoms with Gasteiger partial charge in [-0.1, -0.05) is 11.6 Å². The number of aromatic nitrogens is 1. The number of nitrogens with one attached hydrogen (secondary N) is 1. The van der Waals surface area contributed by atoms with Gasteiger partial charge in [0.05, 0.1) is 5.56 Å². The first-order chi connectivity index (χ1) is 14.1. The highest BCUT2D eigenvalue weighted by Gasteiger charge is 2.30. The first kappa shape index (κ1) is 21.2. The molecule has 0 atom stereocenters. The number of amides is 1. The smallest absolute Gasteiger partial charge is 0.416 e. The lowest BCUT2D eigenvalue weighted by Crippen LogP contribution is -2.30. The number of carbonyl (C=O) groups is 2. The van der Waals surface area contributed by atoms with Gasteiger partial charge in [-0.25, -0.2) is 4.98 Å². The molecule has 7 nitrogen and oxygen atoms in total. The van der Waals surface area contributed by atoms with Gasteiger partial charge in [-0.3, -0.25) is 9.59 Å². The zero-order valence-electron chi connectivity index (χ0n) is 14.8. The molecule has 0 fully saturated rings. The van der Waals surface area contributed by atoms with Crippen molar-refractivity contribution >= 4 is 34.2 Å². The molecule has 3 aromatic rings. The van der Waals surface area contributed by atoms with Crippen LogP contribution in [0.25, 0.3) is 10.8 Å². The van der Waals surface area contributed by atoms with Gasteiger partial charge in [0.25, 0.3) is 5.91 Å². The number of carbonyl (C=O) groups excluding carboxylic acids is 1. The Kier molecular flexibility index (Phi) is 5.70. The zero-order chi connectivity index (χ0) is 22.1. The van der Waals surface area contributed by atoms with Crippen molar-refractivity contribution in [2.75, 3.05) is 6.54 Å². The van der Waals surface area contributed by atoms with Gasteiger partial charge in [0, 0.05) is 10.8 Å². The second-order valence-electron chi connectivity index (χ2n) is 6.01. The third kappa shape index (κ3) is 4.54. The van der Waals surface area contributed by atoms with Crippen LogP contribution in [0.3, 0.4) is 0 Å². The molecule has 0 spiro atoms. The molecular formula is C19H12ClF3N2O5. The topological polar surface area (TPSA) is 109 Å². The first-order valence-corrected chi connectivity index (χ1v) is 8.61. The van der Waals surface area contributed by atoms with E-state index in [0.717, 1.165) is 24.3 Å². The van der Waals surface area contributed by atoms with E-state index in [4.69, 9.17) is 21.4 Å². The summed E-state index contributed by atoms with van der Waals surface area (Å²) in [4.78, 5) is 26.4. The summed E-state index contributed by atoms with van der Waals surface area (Å²) < 4.78 is 43.4. The Bertz CT molecular complexity index is 1130. The van der Waals surface area contributed by atoms with Gasteiger partial charge >= 0.3 is 12.1 Å². The van der Waals surface area contributed by atoms with E-state index < -0.39 is 41.6 Å². The quantitative estimate of drug-likeness (QED) is 0.513. The number of hydrogen-bond acceptors (Lipinski definition) is 5. The van der Waals surface area contributed by atoms with Gasteiger partial charge in [-0.2, -0.15) is 13.2 Å². The van der Waals surface area contributed by atoms with Gasteiger partial charge in [0.1, 0.15) is 23.2 Å². The van der Waals surface area contributed by atoms with Crippen LogP contribution < -0.4 is 10.1 Å². The average Bonchev–Trinajstić information content (AvgIpc) is 2.68. The molecule has 3 rings (SSSR count). The molecule has 0 aliphatic carbocycles. The number of benzene rings is 2. The minimum absolute atomic E-state index is 0.139. The predicted octanol–water partition coefficient (Wildman–Crippen LogP) is 4.22. The molecule has 2 aromatic carbocycles. The van der Waals surface area contributed by atoms with Crippen molar-refractivity contribution in [1.29, 1.82) is 0 Å². The second kappa shape index (κ2) is 8.07. The van der Waals surface area contributed by atoms with Crippen LogP contribution in [0.2, 0.25) is 5.15 Å². The van der Waals surface area contributed by atoms with E-state index in [1.165, 1.54) is 18.2 Å². The SMILES string of the molecule is O=C(O)CNC(=O)c1nc(Cl)c2cc(Oc3ccc(C(F)(F)F)cc3)ccc2c1O. The number of carboxylic acid groups (broad SMARTS) is 1. The molecule has 0 saturated carbocycles. The molecule has 0 unspecified atom stereocenters. The van der Waals surface area contributed by atoms with E-state index in [9.17, 15) is 27.9 Å². The molecule has 156 valence electrons. The van der Waals surface area contributed by atoms with Crippen molar-refractivity contribution in [3.05, 3.63) is 58.9 Å². The van der Waals surface area contributed by atoms with Crippen LogP contribution in [-0.4, -0.2) is 33.6 Å². The Morgan fingerprint density at radius 2 is 1.70 bits per heavy atom. The van der Waals surface area contributed by atoms with Gasteiger partial charge in [0.15, 0.2) is 11.4 Å². The summed E-state index contributed by atoms with van der Waals surface area (Å²) >= 11 is 6.09. The largest absolute Gasteiger partial charge is 0.505 e. The maximum absolute atomic E-state index is 12.6. The number of aromatic hydroxyl groups is 1. The van der Waals surface area contributed by atoms with Gasteiger partial charge < -0.3 is 20.3 Å². The maximum atomic E-state index is 12.6. The molecule has 30 heavy (non-hydrogen) atoms. The lowest BCUT2D eigenvalue weighted by atomic mass is 10.1. The lowest BCUT2D eigenvalue weighted by Gasteiger charge is -2.12. The van der Waals surface area contributed by atoms with Crippen molar-refractivity contribution in [3.63, 3.8) is 0 Å². The summed E-state index contributed by atoms with van der Waals surface area (Å²) in [5.41, 5.74) is -1.27. The van der Waals surface area contributed by atoms with Crippen molar-refractivity contribution in [2.45, 2.75) is 6.18 Å². The highest BCUT2D eigenvalue weighted by molar-refractivity contribution is 6.35. The van der Waals surface area contributed by atoms with E-state index in [1.807, 2.05) is 0 Å². The van der Waals surface area contributed by atoms with Crippen LogP contribution >= 0.6 is 11.6 Å². The Balaban J connectivity index is 1.89. The molecule has 1 aromatic heterocycles. The Morgan fingerprint density at radius 1 is 1.07 bits per heavy atom. The lowest BCUT2D eigenvalue weighted by molar-refractivity contribution is -0.138. The minimum Gasteiger partial charge on any atom is -0.505 e. The Hall–Kier alpha value is -3.53. The molecular weight excluding hydrogens is 429 g/mol. The summed E-state index contributed by atoms with van der Waals surface area (Å²) in [6.07, 6.45) is -4.47. The minimum atomic E-state index is -4.47. The summed E-state index contributed by atoms with van der Waals surface area (Å²) in [6, 6.07) is 8.24. The summed E-state index contributed by atoms with van der Waals surface area (Å²) in [5, 5.41) is 21.2. The van der Waals surface area contributed by atoms with Crippen molar-refractivity contribution in [2.24, 2.45) is 0 Å².